The summed E-state index contributed by atoms with van der Waals surface area (Å²) in [5.41, 5.74) is 6.23. The van der Waals surface area contributed by atoms with E-state index >= 15 is 0 Å². The molecule has 0 spiro atoms. The molecule has 0 radical (unpaired) electrons. The van der Waals surface area contributed by atoms with Gasteiger partial charge in [-0.3, -0.25) is 0 Å². The van der Waals surface area contributed by atoms with E-state index in [2.05, 4.69) is 59.9 Å². The standard InChI is InChI=1S/C25H21NO2/c27-25(28)18-14-12-17(13-15-18)23-21-10-5-9-20(21)22-11-4-8-19(24(22)26-23)16-6-2-1-3-7-16/h1-9,11-15,20-21,23,26H,10H2,(H,27,28)/p-1/t20-,21-,23+/m0/s1. The number of carbonyl (C=O) groups is 1. The van der Waals surface area contributed by atoms with Crippen LogP contribution in [-0.4, -0.2) is 5.97 Å². The van der Waals surface area contributed by atoms with Crippen LogP contribution in [0.4, 0.5) is 5.69 Å². The highest BCUT2D eigenvalue weighted by Gasteiger charge is 2.38. The minimum absolute atomic E-state index is 0.133. The van der Waals surface area contributed by atoms with Crippen LogP contribution in [0.25, 0.3) is 11.1 Å². The molecule has 5 rings (SSSR count). The molecule has 1 N–H and O–H groups in total. The van der Waals surface area contributed by atoms with Crippen LogP contribution >= 0.6 is 0 Å². The van der Waals surface area contributed by atoms with Gasteiger partial charge in [0, 0.05) is 17.2 Å². The molecule has 0 saturated heterocycles. The molecule has 0 bridgehead atoms. The molecule has 3 aromatic carbocycles. The van der Waals surface area contributed by atoms with Crippen molar-refractivity contribution in [3.63, 3.8) is 0 Å². The Kier molecular flexibility index (Phi) is 4.01. The van der Waals surface area contributed by atoms with E-state index in [4.69, 9.17) is 0 Å². The van der Waals surface area contributed by atoms with Gasteiger partial charge in [0.1, 0.15) is 0 Å². The van der Waals surface area contributed by atoms with Gasteiger partial charge in [0.15, 0.2) is 0 Å². The number of anilines is 1. The summed E-state index contributed by atoms with van der Waals surface area (Å²) < 4.78 is 0. The largest absolute Gasteiger partial charge is 0.545 e. The van der Waals surface area contributed by atoms with Crippen molar-refractivity contribution in [1.29, 1.82) is 0 Å². The summed E-state index contributed by atoms with van der Waals surface area (Å²) >= 11 is 0. The van der Waals surface area contributed by atoms with E-state index in [0.29, 0.717) is 11.8 Å². The second-order valence-electron chi connectivity index (χ2n) is 7.52. The number of carboxylic acid groups (broad SMARTS) is 1. The maximum atomic E-state index is 11.1. The number of nitrogens with one attached hydrogen (secondary N) is 1. The second-order valence-corrected chi connectivity index (χ2v) is 7.52. The fourth-order valence-corrected chi connectivity index (χ4v) is 4.64. The maximum Gasteiger partial charge on any atom is 0.0715 e. The molecule has 1 aliphatic heterocycles. The number of benzene rings is 3. The Labute approximate surface area is 164 Å². The van der Waals surface area contributed by atoms with Crippen LogP contribution < -0.4 is 10.4 Å². The Morgan fingerprint density at radius 1 is 0.929 bits per heavy atom. The van der Waals surface area contributed by atoms with Gasteiger partial charge in [-0.2, -0.15) is 0 Å². The van der Waals surface area contributed by atoms with Crippen molar-refractivity contribution in [2.45, 2.75) is 18.4 Å². The summed E-state index contributed by atoms with van der Waals surface area (Å²) in [7, 11) is 0. The minimum atomic E-state index is -1.14. The van der Waals surface area contributed by atoms with Gasteiger partial charge in [-0.25, -0.2) is 0 Å². The third-order valence-corrected chi connectivity index (χ3v) is 5.99. The molecule has 138 valence electrons. The zero-order chi connectivity index (χ0) is 19.1. The first-order chi connectivity index (χ1) is 13.7. The number of para-hydroxylation sites is 1. The summed E-state index contributed by atoms with van der Waals surface area (Å²) in [6.07, 6.45) is 5.60. The van der Waals surface area contributed by atoms with Crippen molar-refractivity contribution in [3.8, 4) is 11.1 Å². The summed E-state index contributed by atoms with van der Waals surface area (Å²) in [6.45, 7) is 0. The van der Waals surface area contributed by atoms with Gasteiger partial charge in [0.2, 0.25) is 0 Å². The van der Waals surface area contributed by atoms with Crippen molar-refractivity contribution in [3.05, 3.63) is 102 Å². The molecule has 0 aromatic heterocycles. The maximum absolute atomic E-state index is 11.1. The van der Waals surface area contributed by atoms with Gasteiger partial charge in [-0.05, 0) is 34.6 Å². The third-order valence-electron chi connectivity index (χ3n) is 5.99. The molecule has 0 saturated carbocycles. The molecule has 1 heterocycles. The lowest BCUT2D eigenvalue weighted by Gasteiger charge is -2.38. The Hall–Kier alpha value is -3.33. The number of carboxylic acids is 1. The number of hydrogen-bond donors (Lipinski definition) is 1. The van der Waals surface area contributed by atoms with Crippen LogP contribution in [-0.2, 0) is 0 Å². The Morgan fingerprint density at radius 3 is 2.46 bits per heavy atom. The Morgan fingerprint density at radius 2 is 1.71 bits per heavy atom. The number of rotatable bonds is 3. The molecule has 3 nitrogen and oxygen atoms in total. The van der Waals surface area contributed by atoms with E-state index in [9.17, 15) is 9.90 Å². The highest BCUT2D eigenvalue weighted by Crippen LogP contribution is 2.52. The second kappa shape index (κ2) is 6.68. The van der Waals surface area contributed by atoms with Crippen molar-refractivity contribution in [2.75, 3.05) is 5.32 Å². The van der Waals surface area contributed by atoms with Gasteiger partial charge >= 0.3 is 0 Å². The fraction of sp³-hybridized carbons (Fsp3) is 0.160. The molecule has 3 aromatic rings. The van der Waals surface area contributed by atoms with Gasteiger partial charge in [-0.1, -0.05) is 84.9 Å². The molecule has 28 heavy (non-hydrogen) atoms. The smallest absolute Gasteiger partial charge is 0.0715 e. The predicted molar refractivity (Wildman–Crippen MR) is 109 cm³/mol. The van der Waals surface area contributed by atoms with Crippen LogP contribution in [0.15, 0.2) is 84.9 Å². The van der Waals surface area contributed by atoms with E-state index in [-0.39, 0.29) is 11.6 Å². The molecule has 3 atom stereocenters. The van der Waals surface area contributed by atoms with Gasteiger partial charge in [-0.15, -0.1) is 0 Å². The van der Waals surface area contributed by atoms with E-state index in [1.165, 1.54) is 22.4 Å². The first kappa shape index (κ1) is 16.8. The van der Waals surface area contributed by atoms with Crippen molar-refractivity contribution in [1.82, 2.24) is 0 Å². The lowest BCUT2D eigenvalue weighted by atomic mass is 9.76. The number of allylic oxidation sites excluding steroid dienone is 2. The molecular weight excluding hydrogens is 346 g/mol. The molecule has 3 heteroatoms. The highest BCUT2D eigenvalue weighted by molar-refractivity contribution is 5.86. The van der Waals surface area contributed by atoms with E-state index in [0.717, 1.165) is 12.0 Å². The molecule has 0 fully saturated rings. The normalized spacial score (nSPS) is 22.2. The summed E-state index contributed by atoms with van der Waals surface area (Å²) in [5, 5.41) is 14.9. The monoisotopic (exact) mass is 366 g/mol. The number of hydrogen-bond acceptors (Lipinski definition) is 3. The predicted octanol–water partition coefficient (Wildman–Crippen LogP) is 4.54. The number of fused-ring (bicyclic) bond motifs is 3. The van der Waals surface area contributed by atoms with Gasteiger partial charge in [0.05, 0.1) is 12.0 Å². The van der Waals surface area contributed by atoms with Gasteiger partial charge in [0.25, 0.3) is 0 Å². The lowest BCUT2D eigenvalue weighted by Crippen LogP contribution is -2.29. The highest BCUT2D eigenvalue weighted by atomic mass is 16.4. The van der Waals surface area contributed by atoms with E-state index < -0.39 is 5.97 Å². The van der Waals surface area contributed by atoms with E-state index in [1.807, 2.05) is 18.2 Å². The first-order valence-corrected chi connectivity index (χ1v) is 9.65. The number of aromatic carboxylic acids is 1. The Balaban J connectivity index is 1.60. The van der Waals surface area contributed by atoms with Crippen molar-refractivity contribution in [2.24, 2.45) is 5.92 Å². The van der Waals surface area contributed by atoms with Crippen molar-refractivity contribution >= 4 is 11.7 Å². The molecule has 1 aliphatic carbocycles. The Bertz CT molecular complexity index is 1050. The SMILES string of the molecule is O=C([O-])c1ccc([C@H]2Nc3c(-c4ccccc4)cccc3[C@H]3C=CC[C@@H]32)cc1. The van der Waals surface area contributed by atoms with E-state index in [1.54, 1.807) is 12.1 Å². The van der Waals surface area contributed by atoms with Crippen molar-refractivity contribution < 1.29 is 9.90 Å². The minimum Gasteiger partial charge on any atom is -0.545 e. The third kappa shape index (κ3) is 2.71. The topological polar surface area (TPSA) is 52.2 Å². The molecule has 0 unspecified atom stereocenters. The van der Waals surface area contributed by atoms with Crippen LogP contribution in [0.5, 0.6) is 0 Å². The van der Waals surface area contributed by atoms with Crippen LogP contribution in [0.1, 0.15) is 39.9 Å². The molecule has 0 amide bonds. The van der Waals surface area contributed by atoms with Gasteiger partial charge < -0.3 is 15.2 Å². The first-order valence-electron chi connectivity index (χ1n) is 9.65. The average Bonchev–Trinajstić information content (AvgIpc) is 3.24. The average molecular weight is 366 g/mol. The van der Waals surface area contributed by atoms with Crippen LogP contribution in [0.3, 0.4) is 0 Å². The summed E-state index contributed by atoms with van der Waals surface area (Å²) in [5.74, 6) is -0.349. The quantitative estimate of drug-likeness (QED) is 0.692. The molecular formula is C25H20NO2-. The zero-order valence-electron chi connectivity index (χ0n) is 15.3. The number of carbonyl (C=O) groups excluding carboxylic acids is 1. The summed E-state index contributed by atoms with van der Waals surface area (Å²) in [6, 6.07) is 24.2. The molecule has 2 aliphatic rings. The zero-order valence-corrected chi connectivity index (χ0v) is 15.3. The van der Waals surface area contributed by atoms with Crippen LogP contribution in [0, 0.1) is 5.92 Å². The lowest BCUT2D eigenvalue weighted by molar-refractivity contribution is -0.255. The van der Waals surface area contributed by atoms with Crippen LogP contribution in [0.2, 0.25) is 0 Å². The summed E-state index contributed by atoms with van der Waals surface area (Å²) in [4.78, 5) is 11.1. The fourth-order valence-electron chi connectivity index (χ4n) is 4.64.